The number of carbonyl (C=O) groups excluding carboxylic acids is 1. The highest BCUT2D eigenvalue weighted by Crippen LogP contribution is 2.47. The number of phosphoric acid groups is 1. The zero-order valence-corrected chi connectivity index (χ0v) is 35.0. The lowest BCUT2D eigenvalue weighted by atomic mass is 9.85. The van der Waals surface area contributed by atoms with Crippen molar-refractivity contribution in [3.63, 3.8) is 0 Å². The molecule has 0 aromatic carbocycles. The lowest BCUT2D eigenvalue weighted by molar-refractivity contribution is -0.220. The standard InChI is InChI=1S/C41H80NO12P/c1-3-5-7-9-11-12-13-14-15-16-17-18-19-20-21-23-25-27-29-34(44)33(42-35(45)30-32(43)28-26-24-22-10-8-6-4-2)31-53-55(51,52)54-41-39(49)37(47)36(46)38(48)40(41)50/h27,29,32-34,36-41,43-44,46-50H,3-26,28,30-31H2,1-2H3,(H,42,45)(H,51,52)/b29-27+. The molecule has 0 spiro atoms. The number of unbranched alkanes of at least 4 members (excludes halogenated alkanes) is 22. The Morgan fingerprint density at radius 1 is 0.636 bits per heavy atom. The van der Waals surface area contributed by atoms with Crippen LogP contribution in [0.4, 0.5) is 0 Å². The molecule has 1 rings (SSSR count). The summed E-state index contributed by atoms with van der Waals surface area (Å²) in [5.41, 5.74) is 0. The predicted octanol–water partition coefficient (Wildman–Crippen LogP) is 6.25. The van der Waals surface area contributed by atoms with E-state index in [1.807, 2.05) is 0 Å². The fourth-order valence-corrected chi connectivity index (χ4v) is 7.97. The van der Waals surface area contributed by atoms with Crippen LogP contribution in [0.1, 0.15) is 181 Å². The first-order chi connectivity index (χ1) is 26.3. The minimum absolute atomic E-state index is 0.242. The number of rotatable bonds is 35. The van der Waals surface area contributed by atoms with Crippen LogP contribution in [0.25, 0.3) is 0 Å². The van der Waals surface area contributed by atoms with Gasteiger partial charge in [-0.15, -0.1) is 0 Å². The molecule has 1 aliphatic rings. The molecular formula is C41H80NO12P. The maximum absolute atomic E-state index is 12.9. The Labute approximate surface area is 331 Å². The number of nitrogens with one attached hydrogen (secondary N) is 1. The second kappa shape index (κ2) is 32.0. The average Bonchev–Trinajstić information content (AvgIpc) is 3.15. The van der Waals surface area contributed by atoms with Gasteiger partial charge in [-0.2, -0.15) is 0 Å². The Bertz CT molecular complexity index is 1010. The monoisotopic (exact) mass is 810 g/mol. The topological polar surface area (TPSA) is 226 Å². The van der Waals surface area contributed by atoms with E-state index >= 15 is 0 Å². The third-order valence-corrected chi connectivity index (χ3v) is 11.6. The predicted molar refractivity (Wildman–Crippen MR) is 215 cm³/mol. The van der Waals surface area contributed by atoms with Crippen LogP contribution in [-0.4, -0.2) is 108 Å². The molecule has 13 nitrogen and oxygen atoms in total. The van der Waals surface area contributed by atoms with Crippen LogP contribution >= 0.6 is 7.82 Å². The van der Waals surface area contributed by atoms with Crippen molar-refractivity contribution in [1.82, 2.24) is 5.32 Å². The van der Waals surface area contributed by atoms with Gasteiger partial charge in [0, 0.05) is 0 Å². The van der Waals surface area contributed by atoms with Crippen molar-refractivity contribution >= 4 is 13.7 Å². The number of aliphatic hydroxyl groups excluding tert-OH is 7. The van der Waals surface area contributed by atoms with Gasteiger partial charge in [0.15, 0.2) is 0 Å². The number of amides is 1. The lowest BCUT2D eigenvalue weighted by Crippen LogP contribution is -2.64. The normalized spacial score (nSPS) is 24.5. The highest BCUT2D eigenvalue weighted by molar-refractivity contribution is 7.47. The molecule has 8 atom stereocenters. The molecule has 0 bridgehead atoms. The van der Waals surface area contributed by atoms with Crippen molar-refractivity contribution in [3.8, 4) is 0 Å². The summed E-state index contributed by atoms with van der Waals surface area (Å²) in [6.45, 7) is 3.68. The molecule has 0 saturated heterocycles. The van der Waals surface area contributed by atoms with Crippen LogP contribution in [0, 0.1) is 0 Å². The molecule has 0 radical (unpaired) electrons. The van der Waals surface area contributed by atoms with Gasteiger partial charge in [0.25, 0.3) is 0 Å². The van der Waals surface area contributed by atoms with Gasteiger partial charge in [-0.25, -0.2) is 4.57 Å². The summed E-state index contributed by atoms with van der Waals surface area (Å²) in [4.78, 5) is 23.3. The number of phosphoric ester groups is 1. The third-order valence-electron chi connectivity index (χ3n) is 10.6. The fraction of sp³-hybridized carbons (Fsp3) is 0.927. The van der Waals surface area contributed by atoms with E-state index in [2.05, 4.69) is 19.2 Å². The number of carbonyl (C=O) groups is 1. The maximum Gasteiger partial charge on any atom is 0.472 e. The van der Waals surface area contributed by atoms with Crippen molar-refractivity contribution in [2.24, 2.45) is 0 Å². The number of hydrogen-bond acceptors (Lipinski definition) is 11. The first kappa shape index (κ1) is 52.1. The van der Waals surface area contributed by atoms with Crippen molar-refractivity contribution in [2.75, 3.05) is 6.61 Å². The summed E-state index contributed by atoms with van der Waals surface area (Å²) in [6.07, 6.45) is 17.6. The molecule has 1 fully saturated rings. The quantitative estimate of drug-likeness (QED) is 0.0197. The van der Waals surface area contributed by atoms with Gasteiger partial charge in [0.2, 0.25) is 5.91 Å². The molecule has 0 aliphatic heterocycles. The van der Waals surface area contributed by atoms with E-state index in [0.717, 1.165) is 44.9 Å². The summed E-state index contributed by atoms with van der Waals surface area (Å²) in [5.74, 6) is -0.596. The van der Waals surface area contributed by atoms with E-state index in [9.17, 15) is 50.0 Å². The fourth-order valence-electron chi connectivity index (χ4n) is 7.00. The van der Waals surface area contributed by atoms with Gasteiger partial charge in [0.05, 0.1) is 31.3 Å². The van der Waals surface area contributed by atoms with Crippen molar-refractivity contribution < 1.29 is 59.0 Å². The van der Waals surface area contributed by atoms with Gasteiger partial charge in [-0.3, -0.25) is 13.8 Å². The molecular weight excluding hydrogens is 729 g/mol. The first-order valence-corrected chi connectivity index (χ1v) is 23.2. The molecule has 0 heterocycles. The molecule has 55 heavy (non-hydrogen) atoms. The maximum atomic E-state index is 12.9. The van der Waals surface area contributed by atoms with Crippen LogP contribution in [0.2, 0.25) is 0 Å². The van der Waals surface area contributed by atoms with Crippen molar-refractivity contribution in [1.29, 1.82) is 0 Å². The third kappa shape index (κ3) is 24.5. The van der Waals surface area contributed by atoms with Crippen LogP contribution in [0.15, 0.2) is 12.2 Å². The molecule has 0 aromatic heterocycles. The Morgan fingerprint density at radius 3 is 1.49 bits per heavy atom. The molecule has 326 valence electrons. The summed E-state index contributed by atoms with van der Waals surface area (Å²) in [5, 5.41) is 74.1. The van der Waals surface area contributed by atoms with E-state index in [-0.39, 0.29) is 6.42 Å². The molecule has 1 aliphatic carbocycles. The summed E-state index contributed by atoms with van der Waals surface area (Å²) < 4.78 is 22.8. The van der Waals surface area contributed by atoms with Crippen LogP contribution in [0.3, 0.4) is 0 Å². The summed E-state index contributed by atoms with van der Waals surface area (Å²) in [7, 11) is -5.13. The van der Waals surface area contributed by atoms with Crippen molar-refractivity contribution in [3.05, 3.63) is 12.2 Å². The SMILES string of the molecule is CCCCCCCCCCCCCCCCCC/C=C/C(O)C(COP(=O)(O)OC1C(O)C(O)C(O)C(O)C1O)NC(=O)CC(O)CCCCCCCCC. The van der Waals surface area contributed by atoms with Gasteiger partial charge in [-0.05, 0) is 19.3 Å². The Morgan fingerprint density at radius 2 is 1.04 bits per heavy atom. The molecule has 8 unspecified atom stereocenters. The Kier molecular flexibility index (Phi) is 30.3. The Hall–Kier alpha value is -0.960. The minimum Gasteiger partial charge on any atom is -0.393 e. The molecule has 1 saturated carbocycles. The van der Waals surface area contributed by atoms with Crippen molar-refractivity contribution in [2.45, 2.75) is 236 Å². The molecule has 14 heteroatoms. The highest BCUT2D eigenvalue weighted by atomic mass is 31.2. The molecule has 1 amide bonds. The first-order valence-electron chi connectivity index (χ1n) is 21.7. The zero-order chi connectivity index (χ0) is 40.9. The largest absolute Gasteiger partial charge is 0.472 e. The summed E-state index contributed by atoms with van der Waals surface area (Å²) in [6, 6.07) is -1.23. The van der Waals surface area contributed by atoms with Gasteiger partial charge in [0.1, 0.15) is 36.6 Å². The van der Waals surface area contributed by atoms with E-state index in [4.69, 9.17) is 9.05 Å². The number of allylic oxidation sites excluding steroid dienone is 1. The molecule has 9 N–H and O–H groups in total. The summed E-state index contributed by atoms with van der Waals surface area (Å²) >= 11 is 0. The number of hydrogen-bond donors (Lipinski definition) is 9. The minimum atomic E-state index is -5.13. The Balaban J connectivity index is 2.55. The second-order valence-corrected chi connectivity index (χ2v) is 17.1. The van der Waals surface area contributed by atoms with E-state index in [0.29, 0.717) is 12.8 Å². The molecule has 0 aromatic rings. The highest BCUT2D eigenvalue weighted by Gasteiger charge is 2.51. The van der Waals surface area contributed by atoms with E-state index in [1.54, 1.807) is 6.08 Å². The zero-order valence-electron chi connectivity index (χ0n) is 34.1. The van der Waals surface area contributed by atoms with E-state index in [1.165, 1.54) is 109 Å². The average molecular weight is 810 g/mol. The smallest absolute Gasteiger partial charge is 0.393 e. The second-order valence-electron chi connectivity index (χ2n) is 15.7. The lowest BCUT2D eigenvalue weighted by Gasteiger charge is -2.41. The van der Waals surface area contributed by atoms with Gasteiger partial charge < -0.3 is 46.0 Å². The van der Waals surface area contributed by atoms with Crippen LogP contribution in [-0.2, 0) is 18.4 Å². The van der Waals surface area contributed by atoms with Gasteiger partial charge in [-0.1, -0.05) is 167 Å². The van der Waals surface area contributed by atoms with Crippen LogP contribution < -0.4 is 5.32 Å². The number of aliphatic hydroxyl groups is 7. The van der Waals surface area contributed by atoms with Crippen LogP contribution in [0.5, 0.6) is 0 Å². The van der Waals surface area contributed by atoms with Gasteiger partial charge >= 0.3 is 7.82 Å². The van der Waals surface area contributed by atoms with E-state index < -0.39 is 75.2 Å².